The minimum absolute atomic E-state index is 0.326. The van der Waals surface area contributed by atoms with Crippen molar-refractivity contribution in [2.75, 3.05) is 24.2 Å². The highest BCUT2D eigenvalue weighted by molar-refractivity contribution is 7.18. The van der Waals surface area contributed by atoms with Crippen molar-refractivity contribution in [3.05, 3.63) is 10.9 Å². The van der Waals surface area contributed by atoms with Gasteiger partial charge in [0.2, 0.25) is 0 Å². The molecule has 0 radical (unpaired) electrons. The number of nitrogen functional groups attached to an aromatic ring is 1. The number of nitrogens with one attached hydrogen (secondary N) is 1. The summed E-state index contributed by atoms with van der Waals surface area (Å²) < 4.78 is 4.98. The van der Waals surface area contributed by atoms with Crippen LogP contribution in [-0.2, 0) is 4.74 Å². The van der Waals surface area contributed by atoms with E-state index in [1.807, 2.05) is 6.07 Å². The second-order valence-corrected chi connectivity index (χ2v) is 6.33. The number of thiophene rings is 1. The van der Waals surface area contributed by atoms with Crippen LogP contribution in [0.3, 0.4) is 0 Å². The third-order valence-corrected chi connectivity index (χ3v) is 4.68. The lowest BCUT2D eigenvalue weighted by molar-refractivity contribution is 0.0533. The molecule has 4 nitrogen and oxygen atoms in total. The van der Waals surface area contributed by atoms with Gasteiger partial charge in [0, 0.05) is 6.54 Å². The molecule has 5 heteroatoms. The van der Waals surface area contributed by atoms with E-state index < -0.39 is 0 Å². The molecule has 1 aliphatic carbocycles. The molecule has 1 aliphatic rings. The lowest BCUT2D eigenvalue weighted by atomic mass is 10.1. The average Bonchev–Trinajstić information content (AvgIpc) is 2.93. The lowest BCUT2D eigenvalue weighted by Gasteiger charge is -2.10. The Kier molecular flexibility index (Phi) is 4.69. The number of carbonyl (C=O) groups excluding carboxylic acids is 1. The van der Waals surface area contributed by atoms with Gasteiger partial charge in [-0.05, 0) is 37.7 Å². The maximum atomic E-state index is 11.7. The van der Waals surface area contributed by atoms with Gasteiger partial charge in [-0.3, -0.25) is 0 Å². The first kappa shape index (κ1) is 14.2. The van der Waals surface area contributed by atoms with Crippen molar-refractivity contribution in [2.24, 2.45) is 11.8 Å². The standard InChI is InChI=1S/C14H22N2O2S/c1-3-18-14(17)13-11(15)7-12(19-13)16-8-10-5-4-9(2)6-10/h7,9-10,16H,3-6,8,15H2,1-2H3. The highest BCUT2D eigenvalue weighted by Gasteiger charge is 2.21. The molecule has 1 heterocycles. The van der Waals surface area contributed by atoms with E-state index >= 15 is 0 Å². The number of esters is 1. The first-order valence-electron chi connectivity index (χ1n) is 6.90. The van der Waals surface area contributed by atoms with Crippen molar-refractivity contribution in [1.82, 2.24) is 0 Å². The zero-order valence-electron chi connectivity index (χ0n) is 11.6. The van der Waals surface area contributed by atoms with Crippen LogP contribution in [0.4, 0.5) is 10.7 Å². The molecule has 2 rings (SSSR count). The second-order valence-electron chi connectivity index (χ2n) is 5.28. The van der Waals surface area contributed by atoms with Gasteiger partial charge in [-0.15, -0.1) is 11.3 Å². The molecule has 0 saturated heterocycles. The molecule has 1 aromatic heterocycles. The summed E-state index contributed by atoms with van der Waals surface area (Å²) in [6, 6.07) is 1.83. The second kappa shape index (κ2) is 6.28. The molecular formula is C14H22N2O2S. The SMILES string of the molecule is CCOC(=O)c1sc(NCC2CCC(C)C2)cc1N. The zero-order valence-corrected chi connectivity index (χ0v) is 12.4. The molecule has 106 valence electrons. The minimum atomic E-state index is -0.326. The monoisotopic (exact) mass is 282 g/mol. The lowest BCUT2D eigenvalue weighted by Crippen LogP contribution is -2.10. The molecule has 0 aliphatic heterocycles. The quantitative estimate of drug-likeness (QED) is 0.813. The molecule has 1 fully saturated rings. The average molecular weight is 282 g/mol. The topological polar surface area (TPSA) is 64.3 Å². The van der Waals surface area contributed by atoms with Crippen LogP contribution >= 0.6 is 11.3 Å². The minimum Gasteiger partial charge on any atom is -0.462 e. The predicted molar refractivity (Wildman–Crippen MR) is 79.7 cm³/mol. The number of carbonyl (C=O) groups is 1. The van der Waals surface area contributed by atoms with E-state index in [0.29, 0.717) is 17.2 Å². The molecule has 3 N–H and O–H groups in total. The van der Waals surface area contributed by atoms with Gasteiger partial charge in [0.1, 0.15) is 4.88 Å². The van der Waals surface area contributed by atoms with Gasteiger partial charge in [-0.25, -0.2) is 4.79 Å². The predicted octanol–water partition coefficient (Wildman–Crippen LogP) is 3.36. The summed E-state index contributed by atoms with van der Waals surface area (Å²) in [5.74, 6) is 1.26. The van der Waals surface area contributed by atoms with E-state index in [9.17, 15) is 4.79 Å². The van der Waals surface area contributed by atoms with Crippen LogP contribution in [0.25, 0.3) is 0 Å². The van der Waals surface area contributed by atoms with Gasteiger partial charge in [0.05, 0.1) is 17.3 Å². The summed E-state index contributed by atoms with van der Waals surface area (Å²) >= 11 is 1.38. The molecule has 2 unspecified atom stereocenters. The zero-order chi connectivity index (χ0) is 13.8. The third kappa shape index (κ3) is 3.62. The Morgan fingerprint density at radius 1 is 1.58 bits per heavy atom. The van der Waals surface area contributed by atoms with Crippen LogP contribution in [0.1, 0.15) is 42.8 Å². The van der Waals surface area contributed by atoms with Gasteiger partial charge in [-0.2, -0.15) is 0 Å². The van der Waals surface area contributed by atoms with E-state index in [2.05, 4.69) is 12.2 Å². The molecular weight excluding hydrogens is 260 g/mol. The Morgan fingerprint density at radius 3 is 3.00 bits per heavy atom. The first-order valence-corrected chi connectivity index (χ1v) is 7.72. The fraction of sp³-hybridized carbons (Fsp3) is 0.643. The Morgan fingerprint density at radius 2 is 2.37 bits per heavy atom. The number of nitrogens with two attached hydrogens (primary N) is 1. The van der Waals surface area contributed by atoms with Crippen molar-refractivity contribution < 1.29 is 9.53 Å². The molecule has 1 aromatic rings. The number of hydrogen-bond donors (Lipinski definition) is 2. The first-order chi connectivity index (χ1) is 9.10. The summed E-state index contributed by atoms with van der Waals surface area (Å²) in [5, 5.41) is 4.35. The largest absolute Gasteiger partial charge is 0.462 e. The van der Waals surface area contributed by atoms with Gasteiger partial charge in [0.15, 0.2) is 0 Å². The van der Waals surface area contributed by atoms with Crippen LogP contribution in [0, 0.1) is 11.8 Å². The third-order valence-electron chi connectivity index (χ3n) is 3.59. The van der Waals surface area contributed by atoms with E-state index in [0.717, 1.165) is 23.4 Å². The molecule has 0 amide bonds. The highest BCUT2D eigenvalue weighted by Crippen LogP contribution is 2.33. The summed E-state index contributed by atoms with van der Waals surface area (Å²) in [6.45, 7) is 5.44. The number of ether oxygens (including phenoxy) is 1. The van der Waals surface area contributed by atoms with Crippen molar-refractivity contribution in [3.8, 4) is 0 Å². The van der Waals surface area contributed by atoms with Crippen molar-refractivity contribution in [1.29, 1.82) is 0 Å². The Balaban J connectivity index is 1.91. The Hall–Kier alpha value is -1.23. The number of hydrogen-bond acceptors (Lipinski definition) is 5. The molecule has 0 aromatic carbocycles. The summed E-state index contributed by atoms with van der Waals surface area (Å²) in [5.41, 5.74) is 6.35. The highest BCUT2D eigenvalue weighted by atomic mass is 32.1. The summed E-state index contributed by atoms with van der Waals surface area (Å²) in [6.07, 6.45) is 3.91. The Bertz CT molecular complexity index is 445. The van der Waals surface area contributed by atoms with Crippen LogP contribution in [0.15, 0.2) is 6.07 Å². The van der Waals surface area contributed by atoms with Crippen molar-refractivity contribution in [2.45, 2.75) is 33.1 Å². The fourth-order valence-corrected chi connectivity index (χ4v) is 3.48. The van der Waals surface area contributed by atoms with Gasteiger partial charge in [0.25, 0.3) is 0 Å². The summed E-state index contributed by atoms with van der Waals surface area (Å²) in [4.78, 5) is 12.2. The van der Waals surface area contributed by atoms with Crippen molar-refractivity contribution in [3.63, 3.8) is 0 Å². The molecule has 1 saturated carbocycles. The Labute approximate surface area is 118 Å². The molecule has 0 spiro atoms. The maximum absolute atomic E-state index is 11.7. The van der Waals surface area contributed by atoms with E-state index in [4.69, 9.17) is 10.5 Å². The van der Waals surface area contributed by atoms with Gasteiger partial charge < -0.3 is 15.8 Å². The molecule has 2 atom stereocenters. The molecule has 0 bridgehead atoms. The maximum Gasteiger partial charge on any atom is 0.350 e. The number of rotatable bonds is 5. The summed E-state index contributed by atoms with van der Waals surface area (Å²) in [7, 11) is 0. The number of anilines is 2. The van der Waals surface area contributed by atoms with E-state index in [1.54, 1.807) is 6.92 Å². The molecule has 19 heavy (non-hydrogen) atoms. The normalized spacial score (nSPS) is 22.4. The van der Waals surface area contributed by atoms with Crippen LogP contribution < -0.4 is 11.1 Å². The van der Waals surface area contributed by atoms with Crippen LogP contribution in [-0.4, -0.2) is 19.1 Å². The van der Waals surface area contributed by atoms with Crippen LogP contribution in [0.2, 0.25) is 0 Å². The smallest absolute Gasteiger partial charge is 0.350 e. The van der Waals surface area contributed by atoms with E-state index in [-0.39, 0.29) is 5.97 Å². The fourth-order valence-electron chi connectivity index (χ4n) is 2.60. The van der Waals surface area contributed by atoms with Crippen molar-refractivity contribution >= 4 is 28.0 Å². The van der Waals surface area contributed by atoms with Crippen LogP contribution in [0.5, 0.6) is 0 Å². The van der Waals surface area contributed by atoms with Gasteiger partial charge in [-0.1, -0.05) is 13.3 Å². The van der Waals surface area contributed by atoms with E-state index in [1.165, 1.54) is 30.6 Å². The van der Waals surface area contributed by atoms with Gasteiger partial charge >= 0.3 is 5.97 Å².